The summed E-state index contributed by atoms with van der Waals surface area (Å²) in [5, 5.41) is 7.57. The molecule has 168 valence electrons. The quantitative estimate of drug-likeness (QED) is 0.500. The highest BCUT2D eigenvalue weighted by Gasteiger charge is 2.46. The van der Waals surface area contributed by atoms with E-state index in [2.05, 4.69) is 47.2 Å². The largest absolute Gasteiger partial charge is 0.325 e. The minimum atomic E-state index is -0.500. The van der Waals surface area contributed by atoms with E-state index in [1.807, 2.05) is 34.6 Å². The maximum atomic E-state index is 12.9. The number of imidazole rings is 1. The van der Waals surface area contributed by atoms with Gasteiger partial charge in [0.1, 0.15) is 23.4 Å². The number of benzene rings is 1. The van der Waals surface area contributed by atoms with E-state index in [1.54, 1.807) is 6.33 Å². The Balaban J connectivity index is 1.49. The molecule has 2 aliphatic rings. The molecule has 0 unspecified atom stereocenters. The molecule has 6 rings (SSSR count). The molecule has 1 fully saturated rings. The Bertz CT molecular complexity index is 1430. The fourth-order valence-electron chi connectivity index (χ4n) is 5.18. The molecule has 1 N–H and O–H groups in total. The number of hydrogen-bond donors (Lipinski definition) is 1. The van der Waals surface area contributed by atoms with Gasteiger partial charge in [0.15, 0.2) is 5.65 Å². The van der Waals surface area contributed by atoms with Crippen LogP contribution in [0.4, 0.5) is 5.69 Å². The van der Waals surface area contributed by atoms with Crippen LogP contribution < -0.4 is 5.32 Å². The van der Waals surface area contributed by atoms with Crippen molar-refractivity contribution in [2.45, 2.75) is 52.0 Å². The Hall–Kier alpha value is -3.55. The zero-order chi connectivity index (χ0) is 22.9. The van der Waals surface area contributed by atoms with Crippen molar-refractivity contribution in [3.8, 4) is 22.6 Å². The Morgan fingerprint density at radius 3 is 2.79 bits per heavy atom. The minimum absolute atomic E-state index is 0.0953. The number of nitrogens with zero attached hydrogens (tertiary/aromatic N) is 6. The summed E-state index contributed by atoms with van der Waals surface area (Å²) in [6, 6.07) is 6.12. The lowest BCUT2D eigenvalue weighted by Crippen LogP contribution is -2.31. The van der Waals surface area contributed by atoms with Crippen LogP contribution in [0.15, 0.2) is 30.7 Å². The average molecular weight is 442 g/mol. The third-order valence-corrected chi connectivity index (χ3v) is 7.33. The van der Waals surface area contributed by atoms with Crippen molar-refractivity contribution in [1.29, 1.82) is 0 Å². The van der Waals surface area contributed by atoms with E-state index in [9.17, 15) is 4.79 Å². The van der Waals surface area contributed by atoms with E-state index in [1.165, 1.54) is 12.8 Å². The summed E-state index contributed by atoms with van der Waals surface area (Å²) < 4.78 is 3.96. The van der Waals surface area contributed by atoms with Crippen LogP contribution in [0.2, 0.25) is 0 Å². The minimum Gasteiger partial charge on any atom is -0.325 e. The molecule has 0 radical (unpaired) electrons. The molecule has 33 heavy (non-hydrogen) atoms. The number of rotatable bonds is 5. The third-order valence-electron chi connectivity index (χ3n) is 7.33. The van der Waals surface area contributed by atoms with E-state index < -0.39 is 5.41 Å². The molecule has 1 aromatic carbocycles. The molecule has 3 aromatic heterocycles. The first-order valence-corrected chi connectivity index (χ1v) is 11.6. The lowest BCUT2D eigenvalue weighted by molar-refractivity contribution is -0.120. The molecule has 1 atom stereocenters. The number of fused-ring (bicyclic) bond motifs is 2. The number of hydrogen-bond acceptors (Lipinski definition) is 5. The van der Waals surface area contributed by atoms with Crippen LogP contribution in [-0.4, -0.2) is 35.2 Å². The second kappa shape index (κ2) is 6.97. The van der Waals surface area contributed by atoms with Gasteiger partial charge in [0.25, 0.3) is 0 Å². The molecule has 4 aromatic rings. The predicted molar refractivity (Wildman–Crippen MR) is 127 cm³/mol. The summed E-state index contributed by atoms with van der Waals surface area (Å²) >= 11 is 0. The van der Waals surface area contributed by atoms with Gasteiger partial charge >= 0.3 is 0 Å². The lowest BCUT2D eigenvalue weighted by atomic mass is 9.78. The van der Waals surface area contributed by atoms with Crippen LogP contribution in [-0.2, 0) is 23.8 Å². The van der Waals surface area contributed by atoms with Crippen molar-refractivity contribution in [3.63, 3.8) is 0 Å². The molecule has 8 nitrogen and oxygen atoms in total. The number of amides is 1. The van der Waals surface area contributed by atoms with Crippen LogP contribution in [0, 0.1) is 12.8 Å². The van der Waals surface area contributed by atoms with Crippen molar-refractivity contribution >= 4 is 22.8 Å². The van der Waals surface area contributed by atoms with E-state index in [0.29, 0.717) is 5.92 Å². The number of carbonyl (C=O) groups excluding carboxylic acids is 1. The smallest absolute Gasteiger partial charge is 0.234 e. The maximum Gasteiger partial charge on any atom is 0.234 e. The number of aromatic nitrogens is 6. The van der Waals surface area contributed by atoms with Crippen LogP contribution in [0.1, 0.15) is 44.4 Å². The Morgan fingerprint density at radius 1 is 1.24 bits per heavy atom. The van der Waals surface area contributed by atoms with Gasteiger partial charge in [-0.3, -0.25) is 9.48 Å². The molecular formula is C25H27N7O. The normalized spacial score (nSPS) is 19.8. The first-order valence-electron chi connectivity index (χ1n) is 11.6. The van der Waals surface area contributed by atoms with Crippen LogP contribution in [0.25, 0.3) is 33.8 Å². The second-order valence-electron chi connectivity index (χ2n) is 9.54. The SMILES string of the molecule is CCn1ncc(-c2nc3c(-c4ccc5c(c4)[C@](C)(CC4CC4)C(=O)N5)ncnc3n2C)c1C. The number of anilines is 1. The van der Waals surface area contributed by atoms with Gasteiger partial charge in [-0.25, -0.2) is 15.0 Å². The highest BCUT2D eigenvalue weighted by atomic mass is 16.2. The van der Waals surface area contributed by atoms with Crippen molar-refractivity contribution in [2.75, 3.05) is 5.32 Å². The molecule has 1 aliphatic heterocycles. The van der Waals surface area contributed by atoms with E-state index in [4.69, 9.17) is 4.98 Å². The number of aryl methyl sites for hydroxylation is 2. The highest BCUT2D eigenvalue weighted by molar-refractivity contribution is 6.06. The molecule has 8 heteroatoms. The van der Waals surface area contributed by atoms with Gasteiger partial charge in [-0.15, -0.1) is 0 Å². The van der Waals surface area contributed by atoms with Gasteiger partial charge in [0, 0.05) is 30.5 Å². The Kier molecular flexibility index (Phi) is 4.24. The van der Waals surface area contributed by atoms with Gasteiger partial charge in [-0.05, 0) is 50.8 Å². The van der Waals surface area contributed by atoms with Crippen LogP contribution >= 0.6 is 0 Å². The van der Waals surface area contributed by atoms with Gasteiger partial charge in [0.05, 0.1) is 17.2 Å². The molecule has 0 spiro atoms. The van der Waals surface area contributed by atoms with Gasteiger partial charge < -0.3 is 9.88 Å². The summed E-state index contributed by atoms with van der Waals surface area (Å²) in [6.07, 6.45) is 6.78. The van der Waals surface area contributed by atoms with Crippen molar-refractivity contribution in [2.24, 2.45) is 13.0 Å². The molecular weight excluding hydrogens is 414 g/mol. The average Bonchev–Trinajstić information content (AvgIpc) is 3.38. The van der Waals surface area contributed by atoms with Crippen LogP contribution in [0.5, 0.6) is 0 Å². The molecule has 0 bridgehead atoms. The van der Waals surface area contributed by atoms with E-state index in [0.717, 1.165) is 63.7 Å². The summed E-state index contributed by atoms with van der Waals surface area (Å²) in [7, 11) is 1.97. The lowest BCUT2D eigenvalue weighted by Gasteiger charge is -2.22. The highest BCUT2D eigenvalue weighted by Crippen LogP contribution is 2.48. The zero-order valence-corrected chi connectivity index (χ0v) is 19.4. The van der Waals surface area contributed by atoms with Crippen LogP contribution in [0.3, 0.4) is 0 Å². The molecule has 1 saturated carbocycles. The van der Waals surface area contributed by atoms with E-state index >= 15 is 0 Å². The third kappa shape index (κ3) is 2.93. The Labute approximate surface area is 192 Å². The Morgan fingerprint density at radius 2 is 2.06 bits per heavy atom. The van der Waals surface area contributed by atoms with Gasteiger partial charge in [-0.1, -0.05) is 18.9 Å². The predicted octanol–water partition coefficient (Wildman–Crippen LogP) is 4.23. The van der Waals surface area contributed by atoms with Crippen molar-refractivity contribution < 1.29 is 4.79 Å². The summed E-state index contributed by atoms with van der Waals surface area (Å²) in [6.45, 7) is 7.01. The summed E-state index contributed by atoms with van der Waals surface area (Å²) in [4.78, 5) is 27.0. The molecule has 4 heterocycles. The topological polar surface area (TPSA) is 90.5 Å². The molecule has 1 aliphatic carbocycles. The first kappa shape index (κ1) is 20.1. The summed E-state index contributed by atoms with van der Waals surface area (Å²) in [5.41, 5.74) is 6.77. The first-order chi connectivity index (χ1) is 15.9. The number of nitrogens with one attached hydrogen (secondary N) is 1. The molecule has 0 saturated heterocycles. The number of carbonyl (C=O) groups is 1. The van der Waals surface area contributed by atoms with Gasteiger partial charge in [0.2, 0.25) is 5.91 Å². The monoisotopic (exact) mass is 441 g/mol. The second-order valence-corrected chi connectivity index (χ2v) is 9.54. The maximum absolute atomic E-state index is 12.9. The standard InChI is InChI=1S/C25H27N7O/c1-5-32-14(2)17(12-28-32)22-30-21-20(26-13-27-23(21)31(22)4)16-8-9-19-18(10-16)25(3,24(33)29-19)11-15-6-7-15/h8-10,12-13,15H,5-7,11H2,1-4H3,(H,29,33)/t25-/m0/s1. The van der Waals surface area contributed by atoms with Crippen molar-refractivity contribution in [1.82, 2.24) is 29.3 Å². The fraction of sp³-hybridized carbons (Fsp3) is 0.400. The van der Waals surface area contributed by atoms with E-state index in [-0.39, 0.29) is 5.91 Å². The van der Waals surface area contributed by atoms with Gasteiger partial charge in [-0.2, -0.15) is 5.10 Å². The zero-order valence-electron chi connectivity index (χ0n) is 19.4. The fourth-order valence-corrected chi connectivity index (χ4v) is 5.18. The molecule has 1 amide bonds. The van der Waals surface area contributed by atoms with Crippen molar-refractivity contribution in [3.05, 3.63) is 42.0 Å². The summed E-state index contributed by atoms with van der Waals surface area (Å²) in [5.74, 6) is 1.56.